The molecule has 5 nitrogen and oxygen atoms in total. The summed E-state index contributed by atoms with van der Waals surface area (Å²) in [5.74, 6) is -1.01. The average Bonchev–Trinajstić information content (AvgIpc) is 3.05. The van der Waals surface area contributed by atoms with E-state index in [1.165, 1.54) is 0 Å². The number of amides is 2. The van der Waals surface area contributed by atoms with Gasteiger partial charge in [-0.05, 0) is 22.3 Å². The molecule has 2 amide bonds. The molecule has 208 valence electrons. The van der Waals surface area contributed by atoms with E-state index in [1.54, 1.807) is 36.4 Å². The van der Waals surface area contributed by atoms with Gasteiger partial charge >= 0.3 is 0 Å². The molecule has 1 atom stereocenters. The highest BCUT2D eigenvalue weighted by Gasteiger charge is 2.39. The van der Waals surface area contributed by atoms with E-state index in [9.17, 15) is 14.4 Å². The molecule has 0 fully saturated rings. The standard InChI is InChI=1S/C37H32N2O3/c38-36(42)33(25-27-21-23-29(24-22-27)35(41)28-13-5-1-6-14-28)39-34(40)26-37(30-15-7-2-8-16-30,31-17-9-3-10-18-31)32-19-11-4-12-20-32/h1-24,33H,25-26H2,(H2,38,42)(H,39,40)/t33-/m0/s1. The van der Waals surface area contributed by atoms with Gasteiger partial charge in [0.1, 0.15) is 6.04 Å². The van der Waals surface area contributed by atoms with Gasteiger partial charge in [-0.1, -0.05) is 146 Å². The molecule has 5 heteroatoms. The summed E-state index contributed by atoms with van der Waals surface area (Å²) in [5, 5.41) is 2.91. The predicted octanol–water partition coefficient (Wildman–Crippen LogP) is 5.85. The molecular formula is C37H32N2O3. The third-order valence-corrected chi connectivity index (χ3v) is 7.60. The van der Waals surface area contributed by atoms with E-state index in [0.29, 0.717) is 11.1 Å². The summed E-state index contributed by atoms with van der Waals surface area (Å²) >= 11 is 0. The maximum Gasteiger partial charge on any atom is 0.240 e. The second kappa shape index (κ2) is 12.9. The monoisotopic (exact) mass is 552 g/mol. The molecule has 0 aliphatic carbocycles. The molecule has 0 radical (unpaired) electrons. The number of benzene rings is 5. The lowest BCUT2D eigenvalue weighted by Crippen LogP contribution is -2.48. The Morgan fingerprint density at radius 2 is 0.976 bits per heavy atom. The zero-order chi connectivity index (χ0) is 29.4. The minimum Gasteiger partial charge on any atom is -0.368 e. The van der Waals surface area contributed by atoms with Crippen molar-refractivity contribution in [1.82, 2.24) is 5.32 Å². The molecule has 0 saturated carbocycles. The second-order valence-electron chi connectivity index (χ2n) is 10.3. The normalized spacial score (nSPS) is 11.8. The third kappa shape index (κ3) is 6.21. The number of carbonyl (C=O) groups is 3. The van der Waals surface area contributed by atoms with Crippen LogP contribution in [0.1, 0.15) is 44.6 Å². The van der Waals surface area contributed by atoms with E-state index in [2.05, 4.69) is 5.32 Å². The molecule has 0 bridgehead atoms. The Bertz CT molecular complexity index is 1540. The fraction of sp³-hybridized carbons (Fsp3) is 0.108. The number of ketones is 1. The predicted molar refractivity (Wildman–Crippen MR) is 165 cm³/mol. The van der Waals surface area contributed by atoms with E-state index >= 15 is 0 Å². The van der Waals surface area contributed by atoms with Crippen LogP contribution >= 0.6 is 0 Å². The van der Waals surface area contributed by atoms with E-state index in [0.717, 1.165) is 22.3 Å². The highest BCUT2D eigenvalue weighted by Crippen LogP contribution is 2.42. The lowest BCUT2D eigenvalue weighted by Gasteiger charge is -2.36. The van der Waals surface area contributed by atoms with Crippen molar-refractivity contribution in [2.24, 2.45) is 5.73 Å². The highest BCUT2D eigenvalue weighted by atomic mass is 16.2. The van der Waals surface area contributed by atoms with Crippen LogP contribution < -0.4 is 11.1 Å². The average molecular weight is 553 g/mol. The Morgan fingerprint density at radius 1 is 0.571 bits per heavy atom. The van der Waals surface area contributed by atoms with E-state index in [1.807, 2.05) is 109 Å². The van der Waals surface area contributed by atoms with Crippen molar-refractivity contribution < 1.29 is 14.4 Å². The van der Waals surface area contributed by atoms with Crippen molar-refractivity contribution in [2.75, 3.05) is 0 Å². The van der Waals surface area contributed by atoms with Crippen LogP contribution in [-0.4, -0.2) is 23.6 Å². The lowest BCUT2D eigenvalue weighted by atomic mass is 9.67. The Labute approximate surface area is 246 Å². The van der Waals surface area contributed by atoms with Gasteiger partial charge in [-0.3, -0.25) is 14.4 Å². The van der Waals surface area contributed by atoms with Crippen LogP contribution in [0.4, 0.5) is 0 Å². The first-order valence-corrected chi connectivity index (χ1v) is 13.9. The van der Waals surface area contributed by atoms with Gasteiger partial charge in [0.05, 0.1) is 5.41 Å². The summed E-state index contributed by atoms with van der Waals surface area (Å²) in [6, 6.07) is 45.0. The number of nitrogens with one attached hydrogen (secondary N) is 1. The van der Waals surface area contributed by atoms with Gasteiger partial charge in [-0.2, -0.15) is 0 Å². The zero-order valence-corrected chi connectivity index (χ0v) is 23.2. The summed E-state index contributed by atoms with van der Waals surface area (Å²) in [4.78, 5) is 39.1. The van der Waals surface area contributed by atoms with Crippen LogP contribution in [-0.2, 0) is 21.4 Å². The van der Waals surface area contributed by atoms with E-state index in [-0.39, 0.29) is 24.5 Å². The van der Waals surface area contributed by atoms with Crippen LogP contribution in [0.15, 0.2) is 146 Å². The molecule has 0 aliphatic heterocycles. The van der Waals surface area contributed by atoms with Crippen molar-refractivity contribution in [1.29, 1.82) is 0 Å². The fourth-order valence-corrected chi connectivity index (χ4v) is 5.47. The molecular weight excluding hydrogens is 520 g/mol. The van der Waals surface area contributed by atoms with E-state index < -0.39 is 17.4 Å². The van der Waals surface area contributed by atoms with Crippen molar-refractivity contribution in [3.8, 4) is 0 Å². The van der Waals surface area contributed by atoms with Gasteiger partial charge in [-0.25, -0.2) is 0 Å². The maximum atomic E-state index is 13.8. The summed E-state index contributed by atoms with van der Waals surface area (Å²) in [6.45, 7) is 0. The molecule has 5 aromatic carbocycles. The summed E-state index contributed by atoms with van der Waals surface area (Å²) in [6.07, 6.45) is 0.273. The zero-order valence-electron chi connectivity index (χ0n) is 23.2. The first-order chi connectivity index (χ1) is 20.5. The van der Waals surface area contributed by atoms with Crippen LogP contribution in [0.25, 0.3) is 0 Å². The minimum absolute atomic E-state index is 0.0688. The highest BCUT2D eigenvalue weighted by molar-refractivity contribution is 6.08. The summed E-state index contributed by atoms with van der Waals surface area (Å²) in [7, 11) is 0. The summed E-state index contributed by atoms with van der Waals surface area (Å²) in [5.41, 5.74) is 9.80. The maximum absolute atomic E-state index is 13.8. The molecule has 42 heavy (non-hydrogen) atoms. The summed E-state index contributed by atoms with van der Waals surface area (Å²) < 4.78 is 0. The minimum atomic E-state index is -0.923. The second-order valence-corrected chi connectivity index (χ2v) is 10.3. The SMILES string of the molecule is NC(=O)[C@H](Cc1ccc(C(=O)c2ccccc2)cc1)NC(=O)CC(c1ccccc1)(c1ccccc1)c1ccccc1. The number of hydrogen-bond acceptors (Lipinski definition) is 3. The van der Waals surface area contributed by atoms with Crippen molar-refractivity contribution in [3.63, 3.8) is 0 Å². The van der Waals surface area contributed by atoms with Gasteiger partial charge in [0, 0.05) is 24.0 Å². The van der Waals surface area contributed by atoms with E-state index in [4.69, 9.17) is 5.73 Å². The molecule has 5 aromatic rings. The number of hydrogen-bond donors (Lipinski definition) is 2. The van der Waals surface area contributed by atoms with Gasteiger partial charge in [0.2, 0.25) is 11.8 Å². The number of carbonyl (C=O) groups excluding carboxylic acids is 3. The van der Waals surface area contributed by atoms with Crippen LogP contribution in [0.3, 0.4) is 0 Å². The number of rotatable bonds is 11. The van der Waals surface area contributed by atoms with Crippen molar-refractivity contribution in [3.05, 3.63) is 179 Å². The molecule has 0 heterocycles. The third-order valence-electron chi connectivity index (χ3n) is 7.60. The van der Waals surface area contributed by atoms with Crippen LogP contribution in [0.2, 0.25) is 0 Å². The number of primary amides is 1. The van der Waals surface area contributed by atoms with Gasteiger partial charge < -0.3 is 11.1 Å². The Balaban J connectivity index is 1.41. The quantitative estimate of drug-likeness (QED) is 0.159. The van der Waals surface area contributed by atoms with Gasteiger partial charge in [0.25, 0.3) is 0 Å². The van der Waals surface area contributed by atoms with Crippen LogP contribution in [0, 0.1) is 0 Å². The molecule has 0 aromatic heterocycles. The first-order valence-electron chi connectivity index (χ1n) is 13.9. The topological polar surface area (TPSA) is 89.3 Å². The molecule has 0 aliphatic rings. The molecule has 0 spiro atoms. The van der Waals surface area contributed by atoms with Crippen molar-refractivity contribution >= 4 is 17.6 Å². The number of nitrogens with two attached hydrogens (primary N) is 1. The molecule has 0 unspecified atom stereocenters. The molecule has 3 N–H and O–H groups in total. The Morgan fingerprint density at radius 3 is 1.40 bits per heavy atom. The fourth-order valence-electron chi connectivity index (χ4n) is 5.47. The van der Waals surface area contributed by atoms with Crippen LogP contribution in [0.5, 0.6) is 0 Å². The lowest BCUT2D eigenvalue weighted by molar-refractivity contribution is -0.127. The molecule has 5 rings (SSSR count). The molecule has 0 saturated heterocycles. The largest absolute Gasteiger partial charge is 0.368 e. The van der Waals surface area contributed by atoms with Gasteiger partial charge in [-0.15, -0.1) is 0 Å². The smallest absolute Gasteiger partial charge is 0.240 e. The first kappa shape index (κ1) is 28.2. The van der Waals surface area contributed by atoms with Gasteiger partial charge in [0.15, 0.2) is 5.78 Å². The Hall–Kier alpha value is -5.29. The van der Waals surface area contributed by atoms with Crippen molar-refractivity contribution in [2.45, 2.75) is 24.3 Å². The Kier molecular flexibility index (Phi) is 8.69.